The Hall–Kier alpha value is -3.47. The lowest BCUT2D eigenvalue weighted by atomic mass is 9.93. The predicted molar refractivity (Wildman–Crippen MR) is 185 cm³/mol. The maximum atomic E-state index is 14.5. The monoisotopic (exact) mass is 706 g/mol. The number of carbonyl (C=O) groups excluding carboxylic acids is 4. The van der Waals surface area contributed by atoms with E-state index >= 15 is 0 Å². The van der Waals surface area contributed by atoms with Gasteiger partial charge in [0.2, 0.25) is 5.91 Å². The first kappa shape index (κ1) is 39.0. The zero-order chi connectivity index (χ0) is 35.4. The minimum absolute atomic E-state index is 0.000883. The molecule has 0 aromatic heterocycles. The average Bonchev–Trinajstić information content (AvgIpc) is 3.32. The number of hydrogen-bond acceptors (Lipinski definition) is 7. The van der Waals surface area contributed by atoms with Gasteiger partial charge in [-0.05, 0) is 69.6 Å². The average molecular weight is 708 g/mol. The van der Waals surface area contributed by atoms with Crippen LogP contribution in [-0.2, 0) is 35.1 Å². The molecule has 0 fully saturated rings. The van der Waals surface area contributed by atoms with Gasteiger partial charge in [-0.2, -0.15) is 0 Å². The van der Waals surface area contributed by atoms with E-state index < -0.39 is 30.2 Å². The van der Waals surface area contributed by atoms with Gasteiger partial charge in [0, 0.05) is 24.3 Å². The highest BCUT2D eigenvalue weighted by Gasteiger charge is 2.41. The van der Waals surface area contributed by atoms with Crippen molar-refractivity contribution in [1.82, 2.24) is 0 Å². The first-order chi connectivity index (χ1) is 23.0. The SMILES string of the molecule is CCCCCOC(=O)COc1cc(N2C(=O)C3=C(CCCC3)C2=O)c(F)cc1Cl.CCc1cccc(C)c1N(C(=O)CCl)C(C)COC. The van der Waals surface area contributed by atoms with Crippen LogP contribution in [0, 0.1) is 12.7 Å². The van der Waals surface area contributed by atoms with Crippen molar-refractivity contribution in [2.45, 2.75) is 85.1 Å². The Labute approximate surface area is 292 Å². The molecule has 1 atom stereocenters. The first-order valence-corrected chi connectivity index (χ1v) is 17.2. The fourth-order valence-electron chi connectivity index (χ4n) is 5.80. The van der Waals surface area contributed by atoms with Gasteiger partial charge in [0.25, 0.3) is 11.8 Å². The van der Waals surface area contributed by atoms with E-state index in [1.807, 2.05) is 32.9 Å². The van der Waals surface area contributed by atoms with Crippen LogP contribution in [0.1, 0.15) is 76.8 Å². The molecule has 0 saturated carbocycles. The lowest BCUT2D eigenvalue weighted by molar-refractivity contribution is -0.146. The zero-order valence-corrected chi connectivity index (χ0v) is 29.8. The van der Waals surface area contributed by atoms with Gasteiger partial charge in [0.15, 0.2) is 6.61 Å². The molecule has 1 heterocycles. The van der Waals surface area contributed by atoms with E-state index in [0.29, 0.717) is 37.2 Å². The van der Waals surface area contributed by atoms with Crippen LogP contribution >= 0.6 is 23.2 Å². The maximum absolute atomic E-state index is 14.5. The van der Waals surface area contributed by atoms with Crippen LogP contribution in [0.2, 0.25) is 5.02 Å². The smallest absolute Gasteiger partial charge is 0.344 e. The molecule has 0 N–H and O–H groups in total. The number of esters is 1. The highest BCUT2D eigenvalue weighted by atomic mass is 35.5. The van der Waals surface area contributed by atoms with Crippen LogP contribution in [-0.4, -0.2) is 62.5 Å². The third kappa shape index (κ3) is 9.57. The summed E-state index contributed by atoms with van der Waals surface area (Å²) < 4.78 is 30.1. The van der Waals surface area contributed by atoms with Gasteiger partial charge in [-0.15, -0.1) is 11.6 Å². The van der Waals surface area contributed by atoms with Crippen molar-refractivity contribution in [3.63, 3.8) is 0 Å². The van der Waals surface area contributed by atoms with E-state index in [1.165, 1.54) is 6.07 Å². The fraction of sp³-hybridized carbons (Fsp3) is 0.500. The number of halogens is 3. The van der Waals surface area contributed by atoms with Crippen molar-refractivity contribution in [2.75, 3.05) is 42.6 Å². The highest BCUT2D eigenvalue weighted by molar-refractivity contribution is 6.34. The molecule has 4 rings (SSSR count). The molecule has 1 aliphatic carbocycles. The molecular weight excluding hydrogens is 662 g/mol. The van der Waals surface area contributed by atoms with Gasteiger partial charge >= 0.3 is 5.97 Å². The molecule has 1 aliphatic heterocycles. The van der Waals surface area contributed by atoms with Crippen LogP contribution in [0.5, 0.6) is 5.75 Å². The predicted octanol–water partition coefficient (Wildman–Crippen LogP) is 7.50. The number of unbranched alkanes of at least 4 members (excludes halogenated alkanes) is 2. The minimum Gasteiger partial charge on any atom is -0.480 e. The molecule has 0 spiro atoms. The van der Waals surface area contributed by atoms with Crippen molar-refractivity contribution in [1.29, 1.82) is 0 Å². The molecule has 0 saturated heterocycles. The second-order valence-electron chi connectivity index (χ2n) is 11.7. The maximum Gasteiger partial charge on any atom is 0.344 e. The van der Waals surface area contributed by atoms with Gasteiger partial charge in [-0.3, -0.25) is 14.4 Å². The molecule has 9 nitrogen and oxygen atoms in total. The van der Waals surface area contributed by atoms with Gasteiger partial charge in [0.1, 0.15) is 17.4 Å². The summed E-state index contributed by atoms with van der Waals surface area (Å²) in [5.41, 5.74) is 3.88. The summed E-state index contributed by atoms with van der Waals surface area (Å²) >= 11 is 11.8. The van der Waals surface area contributed by atoms with E-state index in [1.54, 1.807) is 12.0 Å². The van der Waals surface area contributed by atoms with Crippen molar-refractivity contribution in [3.8, 4) is 5.75 Å². The van der Waals surface area contributed by atoms with E-state index in [4.69, 9.17) is 37.4 Å². The third-order valence-electron chi connectivity index (χ3n) is 8.16. The van der Waals surface area contributed by atoms with Crippen molar-refractivity contribution < 1.29 is 37.8 Å². The first-order valence-electron chi connectivity index (χ1n) is 16.3. The van der Waals surface area contributed by atoms with E-state index in [0.717, 1.165) is 66.3 Å². The number of aryl methyl sites for hydroxylation is 2. The summed E-state index contributed by atoms with van der Waals surface area (Å²) in [7, 11) is 1.64. The highest BCUT2D eigenvalue weighted by Crippen LogP contribution is 2.39. The Balaban J connectivity index is 0.000000286. The Morgan fingerprint density at radius 2 is 1.73 bits per heavy atom. The number of imide groups is 1. The molecule has 48 heavy (non-hydrogen) atoms. The Bertz CT molecular complexity index is 1490. The number of methoxy groups -OCH3 is 1. The molecular formula is C36H45Cl2FN2O7. The number of alkyl halides is 1. The number of nitrogens with zero attached hydrogens (tertiary/aromatic N) is 2. The summed E-state index contributed by atoms with van der Waals surface area (Å²) in [5.74, 6) is -2.51. The standard InChI is InChI=1S/C21H23ClFNO5.C15H22ClNO2/c1-2-3-6-9-28-19(25)12-29-18-11-17(16(23)10-15(18)22)24-20(26)13-7-4-5-8-14(13)21(24)27;1-5-13-8-6-7-11(2)15(13)17(14(18)9-16)12(3)10-19-4/h10-11H,2-9,12H2,1H3;6-8,12H,5,9-10H2,1-4H3. The number of hydrogen-bond donors (Lipinski definition) is 0. The minimum atomic E-state index is -0.814. The lowest BCUT2D eigenvalue weighted by Gasteiger charge is -2.31. The summed E-state index contributed by atoms with van der Waals surface area (Å²) in [4.78, 5) is 51.9. The van der Waals surface area contributed by atoms with E-state index in [9.17, 15) is 23.6 Å². The second kappa shape index (κ2) is 18.9. The molecule has 1 unspecified atom stereocenters. The quantitative estimate of drug-likeness (QED) is 0.0868. The number of rotatable bonds is 14. The molecule has 3 amide bonds. The molecule has 2 aliphatic rings. The van der Waals surface area contributed by atoms with Gasteiger partial charge in [0.05, 0.1) is 35.7 Å². The van der Waals surface area contributed by atoms with Gasteiger partial charge in [-0.1, -0.05) is 56.5 Å². The van der Waals surface area contributed by atoms with Crippen molar-refractivity contribution in [3.05, 3.63) is 63.4 Å². The summed E-state index contributed by atoms with van der Waals surface area (Å²) in [6.07, 6.45) is 6.28. The Morgan fingerprint density at radius 1 is 1.06 bits per heavy atom. The summed E-state index contributed by atoms with van der Waals surface area (Å²) in [6.45, 7) is 8.49. The third-order valence-corrected chi connectivity index (χ3v) is 8.69. The van der Waals surface area contributed by atoms with Crippen LogP contribution in [0.25, 0.3) is 0 Å². The van der Waals surface area contributed by atoms with E-state index in [2.05, 4.69) is 13.0 Å². The van der Waals surface area contributed by atoms with E-state index in [-0.39, 0.29) is 34.3 Å². The molecule has 12 heteroatoms. The van der Waals surface area contributed by atoms with Crippen LogP contribution in [0.15, 0.2) is 41.5 Å². The number of carbonyl (C=O) groups is 4. The topological polar surface area (TPSA) is 102 Å². The molecule has 2 aromatic carbocycles. The zero-order valence-electron chi connectivity index (χ0n) is 28.3. The van der Waals surface area contributed by atoms with Crippen LogP contribution in [0.4, 0.5) is 15.8 Å². The Morgan fingerprint density at radius 3 is 2.31 bits per heavy atom. The molecule has 2 aromatic rings. The normalized spacial score (nSPS) is 14.7. The number of amides is 3. The number of anilines is 2. The molecule has 0 bridgehead atoms. The lowest BCUT2D eigenvalue weighted by Crippen LogP contribution is -2.43. The fourth-order valence-corrected chi connectivity index (χ4v) is 6.13. The van der Waals surface area contributed by atoms with Gasteiger partial charge in [-0.25, -0.2) is 14.1 Å². The number of benzene rings is 2. The van der Waals surface area contributed by atoms with Gasteiger partial charge < -0.3 is 19.1 Å². The van der Waals surface area contributed by atoms with Crippen LogP contribution in [0.3, 0.4) is 0 Å². The number of ether oxygens (including phenoxy) is 3. The second-order valence-corrected chi connectivity index (χ2v) is 12.4. The summed E-state index contributed by atoms with van der Waals surface area (Å²) in [5, 5.41) is -0.0677. The number of para-hydroxylation sites is 1. The molecule has 262 valence electrons. The largest absolute Gasteiger partial charge is 0.480 e. The molecule has 0 radical (unpaired) electrons. The summed E-state index contributed by atoms with van der Waals surface area (Å²) in [6, 6.07) is 8.19. The van der Waals surface area contributed by atoms with Crippen LogP contribution < -0.4 is 14.5 Å². The Kier molecular flexibility index (Phi) is 15.4. The van der Waals surface area contributed by atoms with Crippen molar-refractivity contribution in [2.24, 2.45) is 0 Å². The van der Waals surface area contributed by atoms with Crippen molar-refractivity contribution >= 4 is 58.3 Å².